The standard InChI is InChI=1S/C12H16F2N2O2S/c13-12(14)9(17)5-15-6-11(18)16-3-1-10-8(7-16)2-4-19-10/h2,4,9,12,15,17H,1,3,5-7H2. The van der Waals surface area contributed by atoms with E-state index < -0.39 is 12.5 Å². The van der Waals surface area contributed by atoms with Crippen LogP contribution in [0.4, 0.5) is 8.78 Å². The Morgan fingerprint density at radius 3 is 3.11 bits per heavy atom. The van der Waals surface area contributed by atoms with E-state index in [1.54, 1.807) is 16.2 Å². The Balaban J connectivity index is 1.76. The van der Waals surface area contributed by atoms with Gasteiger partial charge < -0.3 is 15.3 Å². The quantitative estimate of drug-likeness (QED) is 0.845. The lowest BCUT2D eigenvalue weighted by Gasteiger charge is -2.27. The third kappa shape index (κ3) is 3.71. The molecule has 0 saturated heterocycles. The zero-order chi connectivity index (χ0) is 13.8. The second-order valence-corrected chi connectivity index (χ2v) is 5.47. The van der Waals surface area contributed by atoms with E-state index in [1.807, 2.05) is 11.4 Å². The van der Waals surface area contributed by atoms with E-state index in [-0.39, 0.29) is 19.0 Å². The van der Waals surface area contributed by atoms with Gasteiger partial charge in [0.25, 0.3) is 6.43 Å². The third-order valence-corrected chi connectivity index (χ3v) is 4.10. The molecular formula is C12H16F2N2O2S. The lowest BCUT2D eigenvalue weighted by molar-refractivity contribution is -0.131. The van der Waals surface area contributed by atoms with Crippen molar-refractivity contribution in [2.75, 3.05) is 19.6 Å². The SMILES string of the molecule is O=C(CNCC(O)C(F)F)N1CCc2sccc2C1. The van der Waals surface area contributed by atoms with E-state index in [9.17, 15) is 13.6 Å². The first-order valence-corrected chi connectivity index (χ1v) is 6.96. The summed E-state index contributed by atoms with van der Waals surface area (Å²) in [5.74, 6) is -0.127. The molecule has 0 aromatic carbocycles. The summed E-state index contributed by atoms with van der Waals surface area (Å²) in [6.07, 6.45) is -3.66. The van der Waals surface area contributed by atoms with Crippen LogP contribution in [-0.2, 0) is 17.8 Å². The minimum Gasteiger partial charge on any atom is -0.386 e. The van der Waals surface area contributed by atoms with Crippen molar-refractivity contribution in [1.29, 1.82) is 0 Å². The number of rotatable bonds is 5. The van der Waals surface area contributed by atoms with Crippen molar-refractivity contribution in [3.05, 3.63) is 21.9 Å². The van der Waals surface area contributed by atoms with Crippen LogP contribution < -0.4 is 5.32 Å². The van der Waals surface area contributed by atoms with E-state index >= 15 is 0 Å². The van der Waals surface area contributed by atoms with Gasteiger partial charge in [-0.15, -0.1) is 11.3 Å². The van der Waals surface area contributed by atoms with Gasteiger partial charge >= 0.3 is 0 Å². The second kappa shape index (κ2) is 6.40. The van der Waals surface area contributed by atoms with Crippen LogP contribution in [0.15, 0.2) is 11.4 Å². The maximum Gasteiger partial charge on any atom is 0.265 e. The van der Waals surface area contributed by atoms with Gasteiger partial charge in [0.1, 0.15) is 6.10 Å². The van der Waals surface area contributed by atoms with Crippen molar-refractivity contribution in [1.82, 2.24) is 10.2 Å². The molecule has 1 amide bonds. The fourth-order valence-electron chi connectivity index (χ4n) is 1.99. The predicted octanol–water partition coefficient (Wildman–Crippen LogP) is 0.848. The van der Waals surface area contributed by atoms with Crippen molar-refractivity contribution in [3.63, 3.8) is 0 Å². The van der Waals surface area contributed by atoms with E-state index in [1.165, 1.54) is 4.88 Å². The van der Waals surface area contributed by atoms with Crippen molar-refractivity contribution < 1.29 is 18.7 Å². The first-order chi connectivity index (χ1) is 9.08. The van der Waals surface area contributed by atoms with Crippen LogP contribution >= 0.6 is 11.3 Å². The largest absolute Gasteiger partial charge is 0.386 e. The lowest BCUT2D eigenvalue weighted by atomic mass is 10.1. The zero-order valence-corrected chi connectivity index (χ0v) is 11.1. The Bertz CT molecular complexity index is 439. The first-order valence-electron chi connectivity index (χ1n) is 6.08. The van der Waals surface area contributed by atoms with Gasteiger partial charge in [0.05, 0.1) is 6.54 Å². The van der Waals surface area contributed by atoms with Gasteiger partial charge in [0.2, 0.25) is 5.91 Å². The molecule has 4 nitrogen and oxygen atoms in total. The Morgan fingerprint density at radius 1 is 1.58 bits per heavy atom. The van der Waals surface area contributed by atoms with Gasteiger partial charge in [0.15, 0.2) is 0 Å². The number of hydrogen-bond donors (Lipinski definition) is 2. The molecule has 2 heterocycles. The number of thiophene rings is 1. The highest BCUT2D eigenvalue weighted by molar-refractivity contribution is 7.10. The molecule has 19 heavy (non-hydrogen) atoms. The number of amides is 1. The molecule has 0 radical (unpaired) electrons. The fraction of sp³-hybridized carbons (Fsp3) is 0.583. The fourth-order valence-corrected chi connectivity index (χ4v) is 2.88. The Morgan fingerprint density at radius 2 is 2.37 bits per heavy atom. The Labute approximate surface area is 114 Å². The number of halogens is 2. The number of aliphatic hydroxyl groups excluding tert-OH is 1. The van der Waals surface area contributed by atoms with Crippen molar-refractivity contribution in [2.45, 2.75) is 25.5 Å². The number of nitrogens with one attached hydrogen (secondary N) is 1. The van der Waals surface area contributed by atoms with Gasteiger partial charge in [-0.05, 0) is 23.4 Å². The van der Waals surface area contributed by atoms with Crippen LogP contribution in [0.2, 0.25) is 0 Å². The monoisotopic (exact) mass is 290 g/mol. The summed E-state index contributed by atoms with van der Waals surface area (Å²) >= 11 is 1.69. The van der Waals surface area contributed by atoms with Gasteiger partial charge in [-0.1, -0.05) is 0 Å². The van der Waals surface area contributed by atoms with Gasteiger partial charge in [0, 0.05) is 24.5 Å². The van der Waals surface area contributed by atoms with Crippen LogP contribution in [0.25, 0.3) is 0 Å². The molecule has 0 spiro atoms. The van der Waals surface area contributed by atoms with E-state index in [2.05, 4.69) is 5.32 Å². The van der Waals surface area contributed by atoms with Crippen LogP contribution in [0.3, 0.4) is 0 Å². The molecule has 0 fully saturated rings. The van der Waals surface area contributed by atoms with Crippen molar-refractivity contribution in [3.8, 4) is 0 Å². The minimum absolute atomic E-state index is 0.0246. The molecular weight excluding hydrogens is 274 g/mol. The van der Waals surface area contributed by atoms with E-state index in [4.69, 9.17) is 5.11 Å². The summed E-state index contributed by atoms with van der Waals surface area (Å²) in [6, 6.07) is 2.01. The predicted molar refractivity (Wildman–Crippen MR) is 68.3 cm³/mol. The number of fused-ring (bicyclic) bond motifs is 1. The molecule has 0 saturated carbocycles. The number of alkyl halides is 2. The van der Waals surface area contributed by atoms with Crippen molar-refractivity contribution in [2.24, 2.45) is 0 Å². The summed E-state index contributed by atoms with van der Waals surface area (Å²) in [7, 11) is 0. The molecule has 7 heteroatoms. The average molecular weight is 290 g/mol. The van der Waals surface area contributed by atoms with Crippen molar-refractivity contribution >= 4 is 17.2 Å². The third-order valence-electron chi connectivity index (χ3n) is 3.08. The molecule has 1 unspecified atom stereocenters. The lowest BCUT2D eigenvalue weighted by Crippen LogP contribution is -2.43. The van der Waals surface area contributed by atoms with Crippen LogP contribution in [-0.4, -0.2) is 48.1 Å². The Kier molecular flexibility index (Phi) is 4.84. The number of hydrogen-bond acceptors (Lipinski definition) is 4. The maximum atomic E-state index is 12.1. The summed E-state index contributed by atoms with van der Waals surface area (Å²) in [6.45, 7) is 0.937. The van der Waals surface area contributed by atoms with Gasteiger partial charge in [-0.3, -0.25) is 4.79 Å². The molecule has 0 bridgehead atoms. The summed E-state index contributed by atoms with van der Waals surface area (Å²) in [5.41, 5.74) is 1.16. The van der Waals surface area contributed by atoms with Crippen LogP contribution in [0.1, 0.15) is 10.4 Å². The number of carbonyl (C=O) groups is 1. The Hall–Kier alpha value is -1.05. The maximum absolute atomic E-state index is 12.1. The molecule has 1 aromatic rings. The molecule has 1 aromatic heterocycles. The molecule has 106 valence electrons. The minimum atomic E-state index is -2.79. The van der Waals surface area contributed by atoms with Crippen LogP contribution in [0.5, 0.6) is 0 Å². The average Bonchev–Trinajstić information content (AvgIpc) is 2.85. The normalized spacial score (nSPS) is 16.5. The second-order valence-electron chi connectivity index (χ2n) is 4.47. The first kappa shape index (κ1) is 14.4. The van der Waals surface area contributed by atoms with Gasteiger partial charge in [-0.25, -0.2) is 8.78 Å². The highest BCUT2D eigenvalue weighted by atomic mass is 32.1. The molecule has 2 N–H and O–H groups in total. The zero-order valence-electron chi connectivity index (χ0n) is 10.3. The highest BCUT2D eigenvalue weighted by Gasteiger charge is 2.22. The molecule has 1 aliphatic rings. The number of nitrogens with zero attached hydrogens (tertiary/aromatic N) is 1. The summed E-state index contributed by atoms with van der Waals surface area (Å²) < 4.78 is 24.1. The topological polar surface area (TPSA) is 52.6 Å². The number of aliphatic hydroxyl groups is 1. The van der Waals surface area contributed by atoms with E-state index in [0.29, 0.717) is 13.1 Å². The molecule has 0 aliphatic carbocycles. The summed E-state index contributed by atoms with van der Waals surface area (Å²) in [4.78, 5) is 14.9. The smallest absolute Gasteiger partial charge is 0.265 e. The number of carbonyl (C=O) groups excluding carboxylic acids is 1. The summed E-state index contributed by atoms with van der Waals surface area (Å²) in [5, 5.41) is 13.5. The molecule has 2 rings (SSSR count). The highest BCUT2D eigenvalue weighted by Crippen LogP contribution is 2.23. The van der Waals surface area contributed by atoms with E-state index in [0.717, 1.165) is 12.0 Å². The van der Waals surface area contributed by atoms with Gasteiger partial charge in [-0.2, -0.15) is 0 Å². The molecule has 1 atom stereocenters. The molecule has 1 aliphatic heterocycles. The van der Waals surface area contributed by atoms with Crippen LogP contribution in [0, 0.1) is 0 Å².